The third-order valence-corrected chi connectivity index (χ3v) is 9.57. The van der Waals surface area contributed by atoms with E-state index >= 15 is 0 Å². The third-order valence-electron chi connectivity index (χ3n) is 8.77. The molecule has 0 unspecified atom stereocenters. The molecule has 0 bridgehead atoms. The molecule has 0 saturated carbocycles. The number of allylic oxidation sites excluding steroid dienone is 4. The molecule has 2 aromatic rings. The van der Waals surface area contributed by atoms with Gasteiger partial charge in [0.25, 0.3) is 5.69 Å². The van der Waals surface area contributed by atoms with E-state index in [1.165, 1.54) is 6.07 Å². The Morgan fingerprint density at radius 3 is 2.00 bits per heavy atom. The largest absolute Gasteiger partial charge is 0.490 e. The van der Waals surface area contributed by atoms with Gasteiger partial charge in [-0.3, -0.25) is 29.8 Å². The molecule has 2 aromatic carbocycles. The number of halogens is 1. The van der Waals surface area contributed by atoms with E-state index in [0.29, 0.717) is 59.1 Å². The van der Waals surface area contributed by atoms with Crippen molar-refractivity contribution in [2.24, 2.45) is 10.8 Å². The lowest BCUT2D eigenvalue weighted by atomic mass is 9.63. The number of nitrogens with zero attached hydrogens (tertiary/aromatic N) is 3. The molecular formula is C34H38IN3O9. The first-order valence-electron chi connectivity index (χ1n) is 15.4. The normalized spacial score (nSPS) is 19.0. The number of benzene rings is 2. The zero-order valence-electron chi connectivity index (χ0n) is 27.3. The van der Waals surface area contributed by atoms with Crippen LogP contribution in [0.4, 0.5) is 11.4 Å². The summed E-state index contributed by atoms with van der Waals surface area (Å²) < 4.78 is 18.1. The summed E-state index contributed by atoms with van der Waals surface area (Å²) in [6.45, 7) is 11.3. The van der Waals surface area contributed by atoms with Crippen molar-refractivity contribution in [3.8, 4) is 17.2 Å². The number of hydrogen-bond donors (Lipinski definition) is 0. The molecule has 5 rings (SSSR count). The Labute approximate surface area is 286 Å². The van der Waals surface area contributed by atoms with Crippen LogP contribution in [0.15, 0.2) is 52.9 Å². The highest BCUT2D eigenvalue weighted by molar-refractivity contribution is 14.1. The molecule has 1 aliphatic heterocycles. The van der Waals surface area contributed by atoms with Crippen LogP contribution in [0.1, 0.15) is 71.8 Å². The van der Waals surface area contributed by atoms with Crippen molar-refractivity contribution in [1.82, 2.24) is 4.90 Å². The van der Waals surface area contributed by atoms with Crippen molar-refractivity contribution in [3.63, 3.8) is 0 Å². The molecule has 0 spiro atoms. The van der Waals surface area contributed by atoms with Crippen LogP contribution < -0.4 is 9.47 Å². The fourth-order valence-corrected chi connectivity index (χ4v) is 7.64. The fourth-order valence-electron chi connectivity index (χ4n) is 6.91. The van der Waals surface area contributed by atoms with Crippen LogP contribution in [0.25, 0.3) is 0 Å². The summed E-state index contributed by atoms with van der Waals surface area (Å²) in [5, 5.41) is 23.1. The molecule has 1 heterocycles. The molecule has 0 atom stereocenters. The van der Waals surface area contributed by atoms with E-state index in [4.69, 9.17) is 14.2 Å². The van der Waals surface area contributed by atoms with Crippen LogP contribution in [0, 0.1) is 34.6 Å². The highest BCUT2D eigenvalue weighted by atomic mass is 127. The molecule has 2 aliphatic carbocycles. The smallest absolute Gasteiger partial charge is 0.318 e. The van der Waals surface area contributed by atoms with Crippen molar-refractivity contribution < 1.29 is 33.6 Å². The number of carbonyl (C=O) groups excluding carboxylic acids is 2. The van der Waals surface area contributed by atoms with Gasteiger partial charge in [-0.15, -0.1) is 0 Å². The summed E-state index contributed by atoms with van der Waals surface area (Å²) in [5.41, 5.74) is 2.14. The van der Waals surface area contributed by atoms with Gasteiger partial charge in [0, 0.05) is 61.0 Å². The maximum absolute atomic E-state index is 14.1. The minimum Gasteiger partial charge on any atom is -0.490 e. The highest BCUT2D eigenvalue weighted by Crippen LogP contribution is 2.55. The number of carbonyl (C=O) groups is 2. The fraction of sp³-hybridized carbons (Fsp3) is 0.471. The van der Waals surface area contributed by atoms with Crippen LogP contribution in [0.2, 0.25) is 0 Å². The first-order valence-corrected chi connectivity index (χ1v) is 16.5. The Bertz CT molecular complexity index is 1690. The summed E-state index contributed by atoms with van der Waals surface area (Å²) in [4.78, 5) is 52.0. The molecule has 3 aliphatic rings. The Morgan fingerprint density at radius 2 is 1.49 bits per heavy atom. The topological polar surface area (TPSA) is 151 Å². The second kappa shape index (κ2) is 13.0. The van der Waals surface area contributed by atoms with Gasteiger partial charge in [0.05, 0.1) is 32.7 Å². The Hall–Kier alpha value is -3.85. The van der Waals surface area contributed by atoms with E-state index in [1.54, 1.807) is 20.1 Å². The average molecular weight is 760 g/mol. The van der Waals surface area contributed by atoms with Gasteiger partial charge in [-0.2, -0.15) is 0 Å². The molecular weight excluding hydrogens is 721 g/mol. The summed E-state index contributed by atoms with van der Waals surface area (Å²) in [7, 11) is 1.63. The van der Waals surface area contributed by atoms with E-state index in [2.05, 4.69) is 32.6 Å². The molecule has 250 valence electrons. The highest BCUT2D eigenvalue weighted by Gasteiger charge is 2.49. The number of ketones is 2. The van der Waals surface area contributed by atoms with E-state index < -0.39 is 27.1 Å². The third kappa shape index (κ3) is 6.77. The lowest BCUT2D eigenvalue weighted by Gasteiger charge is -2.49. The zero-order chi connectivity index (χ0) is 34.4. The predicted octanol–water partition coefficient (Wildman–Crippen LogP) is 7.63. The van der Waals surface area contributed by atoms with Crippen molar-refractivity contribution in [2.75, 3.05) is 26.9 Å². The monoisotopic (exact) mass is 759 g/mol. The Kier molecular flexibility index (Phi) is 9.52. The number of nitro benzene ring substituents is 2. The number of rotatable bonds is 10. The van der Waals surface area contributed by atoms with Gasteiger partial charge in [0.2, 0.25) is 5.75 Å². The van der Waals surface area contributed by atoms with Gasteiger partial charge >= 0.3 is 5.69 Å². The Morgan fingerprint density at radius 1 is 0.894 bits per heavy atom. The lowest BCUT2D eigenvalue weighted by molar-refractivity contribution is -0.394. The van der Waals surface area contributed by atoms with E-state index in [0.717, 1.165) is 23.5 Å². The maximum atomic E-state index is 14.1. The predicted molar refractivity (Wildman–Crippen MR) is 182 cm³/mol. The number of hydrogen-bond acceptors (Lipinski definition) is 10. The van der Waals surface area contributed by atoms with Crippen LogP contribution >= 0.6 is 22.6 Å². The average Bonchev–Trinajstić information content (AvgIpc) is 2.96. The van der Waals surface area contributed by atoms with Gasteiger partial charge in [0.1, 0.15) is 0 Å². The summed E-state index contributed by atoms with van der Waals surface area (Å²) in [6.07, 6.45) is 1.98. The van der Waals surface area contributed by atoms with Gasteiger partial charge < -0.3 is 19.1 Å². The number of ether oxygens (including phenoxy) is 3. The summed E-state index contributed by atoms with van der Waals surface area (Å²) >= 11 is 2.05. The second-order valence-electron chi connectivity index (χ2n) is 13.7. The van der Waals surface area contributed by atoms with Gasteiger partial charge in [0.15, 0.2) is 23.1 Å². The van der Waals surface area contributed by atoms with Crippen molar-refractivity contribution in [3.05, 3.63) is 82.2 Å². The van der Waals surface area contributed by atoms with Crippen LogP contribution in [0.5, 0.6) is 17.2 Å². The van der Waals surface area contributed by atoms with Gasteiger partial charge in [-0.05, 0) is 76.9 Å². The molecule has 0 N–H and O–H groups in total. The number of Topliss-reactive ketones (excluding diaryl/α,β-unsaturated/α-hetero) is 2. The van der Waals surface area contributed by atoms with E-state index in [1.807, 2.05) is 28.7 Å². The van der Waals surface area contributed by atoms with Gasteiger partial charge in [-0.25, -0.2) is 0 Å². The maximum Gasteiger partial charge on any atom is 0.318 e. The first kappa shape index (κ1) is 34.5. The minimum absolute atomic E-state index is 0.0114. The zero-order valence-corrected chi connectivity index (χ0v) is 29.5. The Balaban J connectivity index is 1.71. The molecule has 0 radical (unpaired) electrons. The van der Waals surface area contributed by atoms with E-state index in [-0.39, 0.29) is 46.3 Å². The van der Waals surface area contributed by atoms with Crippen molar-refractivity contribution >= 4 is 45.5 Å². The van der Waals surface area contributed by atoms with E-state index in [9.17, 15) is 29.8 Å². The van der Waals surface area contributed by atoms with Crippen LogP contribution in [-0.2, 0) is 14.3 Å². The molecule has 47 heavy (non-hydrogen) atoms. The number of non-ortho nitro benzene ring substituents is 1. The molecule has 0 aromatic heterocycles. The quantitative estimate of drug-likeness (QED) is 0.134. The first-order chi connectivity index (χ1) is 22.1. The molecule has 0 saturated heterocycles. The van der Waals surface area contributed by atoms with Crippen LogP contribution in [0.3, 0.4) is 0 Å². The molecule has 0 amide bonds. The molecule has 0 fully saturated rings. The number of methoxy groups -OCH3 is 1. The number of nitro groups is 2. The SMILES string of the molecule is CCOc1cc(C2C3=C(CC(C)(C)CC3=O)N(CCOC)C3=C2C(=O)CC(C)(C)C3)cc(I)c1Oc1ccc([N+](=O)[O-])cc1[N+](=O)[O-]. The standard InChI is InChI=1S/C34H38IN3O9/c1-7-46-28-13-19(12-21(35)32(28)47-27-9-8-20(37(41)42)14-22(27)38(43)44)29-30-23(15-33(2,3)17-25(30)39)36(10-11-45-6)24-16-34(4,5)18-26(40)31(24)29/h8-9,12-14,29H,7,10-11,15-18H2,1-6H3. The van der Waals surface area contributed by atoms with Crippen molar-refractivity contribution in [2.45, 2.75) is 66.2 Å². The summed E-state index contributed by atoms with van der Waals surface area (Å²) in [5.74, 6) is -0.406. The second-order valence-corrected chi connectivity index (χ2v) is 14.9. The lowest BCUT2D eigenvalue weighted by Crippen LogP contribution is -2.45. The minimum atomic E-state index is -0.740. The van der Waals surface area contributed by atoms with Crippen LogP contribution in [-0.4, -0.2) is 53.2 Å². The molecule has 12 nitrogen and oxygen atoms in total. The van der Waals surface area contributed by atoms with Gasteiger partial charge in [-0.1, -0.05) is 27.7 Å². The molecule has 13 heteroatoms. The summed E-state index contributed by atoms with van der Waals surface area (Å²) in [6, 6.07) is 6.73. The van der Waals surface area contributed by atoms with Crippen molar-refractivity contribution in [1.29, 1.82) is 0 Å².